The molecule has 12 heavy (non-hydrogen) atoms. The standard InChI is InChI=1S/C8H13ClN2O/c1-5-8(7(12)4-9)6(2)11(3)10-5/h7,12H,4H2,1-3H3/t7-/m0/s1. The molecular formula is C8H13ClN2O. The average molecular weight is 189 g/mol. The molecule has 1 heterocycles. The molecule has 1 aromatic heterocycles. The molecule has 4 heteroatoms. The SMILES string of the molecule is Cc1nn(C)c(C)c1[C@@H](O)CCl. The summed E-state index contributed by atoms with van der Waals surface area (Å²) in [4.78, 5) is 0. The zero-order valence-electron chi connectivity index (χ0n) is 7.50. The highest BCUT2D eigenvalue weighted by molar-refractivity contribution is 6.18. The summed E-state index contributed by atoms with van der Waals surface area (Å²) in [5, 5.41) is 13.7. The number of rotatable bonds is 2. The lowest BCUT2D eigenvalue weighted by atomic mass is 10.1. The highest BCUT2D eigenvalue weighted by Gasteiger charge is 2.16. The summed E-state index contributed by atoms with van der Waals surface area (Å²) in [5.74, 6) is 0.216. The quantitative estimate of drug-likeness (QED) is 0.711. The average Bonchev–Trinajstić information content (AvgIpc) is 2.26. The Morgan fingerprint density at radius 2 is 2.17 bits per heavy atom. The summed E-state index contributed by atoms with van der Waals surface area (Å²) in [6.07, 6.45) is -0.597. The Balaban J connectivity index is 3.13. The summed E-state index contributed by atoms with van der Waals surface area (Å²) in [6.45, 7) is 3.79. The number of alkyl halides is 1. The molecule has 1 N–H and O–H groups in total. The fourth-order valence-corrected chi connectivity index (χ4v) is 1.50. The van der Waals surface area contributed by atoms with E-state index in [2.05, 4.69) is 5.10 Å². The Bertz CT molecular complexity index is 283. The van der Waals surface area contributed by atoms with Gasteiger partial charge in [0.05, 0.1) is 17.7 Å². The second kappa shape index (κ2) is 3.46. The molecule has 1 rings (SSSR count). The van der Waals surface area contributed by atoms with Crippen LogP contribution in [-0.4, -0.2) is 20.8 Å². The summed E-state index contributed by atoms with van der Waals surface area (Å²) >= 11 is 5.55. The van der Waals surface area contributed by atoms with E-state index in [4.69, 9.17) is 11.6 Å². The number of hydrogen-bond acceptors (Lipinski definition) is 2. The summed E-state index contributed by atoms with van der Waals surface area (Å²) < 4.78 is 1.75. The molecule has 0 fully saturated rings. The van der Waals surface area contributed by atoms with Gasteiger partial charge in [0.15, 0.2) is 0 Å². The van der Waals surface area contributed by atoms with E-state index in [0.717, 1.165) is 17.0 Å². The third kappa shape index (κ3) is 1.47. The Hall–Kier alpha value is -0.540. The van der Waals surface area contributed by atoms with Crippen LogP contribution in [-0.2, 0) is 7.05 Å². The molecule has 0 aliphatic carbocycles. The van der Waals surface area contributed by atoms with E-state index in [-0.39, 0.29) is 5.88 Å². The smallest absolute Gasteiger partial charge is 0.0960 e. The molecule has 0 bridgehead atoms. The largest absolute Gasteiger partial charge is 0.387 e. The maximum absolute atomic E-state index is 9.52. The first-order valence-electron chi connectivity index (χ1n) is 3.82. The molecule has 1 atom stereocenters. The Kier molecular flexibility index (Phi) is 2.75. The van der Waals surface area contributed by atoms with E-state index in [1.54, 1.807) is 4.68 Å². The normalized spacial score (nSPS) is 13.4. The Labute approximate surface area is 77.0 Å². The fourth-order valence-electron chi connectivity index (χ4n) is 1.35. The molecule has 68 valence electrons. The molecule has 3 nitrogen and oxygen atoms in total. The van der Waals surface area contributed by atoms with Gasteiger partial charge in [-0.25, -0.2) is 0 Å². The van der Waals surface area contributed by atoms with Crippen molar-refractivity contribution in [1.29, 1.82) is 0 Å². The highest BCUT2D eigenvalue weighted by atomic mass is 35.5. The van der Waals surface area contributed by atoms with E-state index < -0.39 is 6.10 Å². The van der Waals surface area contributed by atoms with Gasteiger partial charge in [0.25, 0.3) is 0 Å². The van der Waals surface area contributed by atoms with Gasteiger partial charge >= 0.3 is 0 Å². The van der Waals surface area contributed by atoms with Gasteiger partial charge in [0.1, 0.15) is 0 Å². The van der Waals surface area contributed by atoms with Gasteiger partial charge in [0, 0.05) is 18.3 Å². The van der Waals surface area contributed by atoms with Crippen molar-refractivity contribution < 1.29 is 5.11 Å². The first-order valence-corrected chi connectivity index (χ1v) is 4.35. The van der Waals surface area contributed by atoms with Crippen molar-refractivity contribution in [2.24, 2.45) is 7.05 Å². The zero-order valence-corrected chi connectivity index (χ0v) is 8.26. The van der Waals surface area contributed by atoms with Gasteiger partial charge in [-0.3, -0.25) is 4.68 Å². The predicted octanol–water partition coefficient (Wildman–Crippen LogP) is 1.31. The van der Waals surface area contributed by atoms with Crippen molar-refractivity contribution in [1.82, 2.24) is 9.78 Å². The molecule has 0 amide bonds. The molecule has 0 radical (unpaired) electrons. The van der Waals surface area contributed by atoms with Crippen LogP contribution in [0.3, 0.4) is 0 Å². The summed E-state index contributed by atoms with van der Waals surface area (Å²) in [6, 6.07) is 0. The number of hydrogen-bond donors (Lipinski definition) is 1. The lowest BCUT2D eigenvalue weighted by molar-refractivity contribution is 0.201. The first-order chi connectivity index (χ1) is 5.57. The summed E-state index contributed by atoms with van der Waals surface area (Å²) in [5.41, 5.74) is 2.68. The molecule has 0 saturated heterocycles. The Morgan fingerprint density at radius 3 is 2.50 bits per heavy atom. The predicted molar refractivity (Wildman–Crippen MR) is 48.4 cm³/mol. The number of aliphatic hydroxyl groups is 1. The van der Waals surface area contributed by atoms with Crippen LogP contribution in [0.5, 0.6) is 0 Å². The van der Waals surface area contributed by atoms with Crippen molar-refractivity contribution in [3.63, 3.8) is 0 Å². The third-order valence-electron chi connectivity index (χ3n) is 2.04. The van der Waals surface area contributed by atoms with Gasteiger partial charge in [-0.2, -0.15) is 5.10 Å². The monoisotopic (exact) mass is 188 g/mol. The van der Waals surface area contributed by atoms with E-state index in [0.29, 0.717) is 0 Å². The van der Waals surface area contributed by atoms with Crippen molar-refractivity contribution in [3.8, 4) is 0 Å². The van der Waals surface area contributed by atoms with Crippen LogP contribution in [0.25, 0.3) is 0 Å². The van der Waals surface area contributed by atoms with Gasteiger partial charge in [-0.15, -0.1) is 11.6 Å². The molecule has 0 aliphatic rings. The van der Waals surface area contributed by atoms with Crippen LogP contribution in [0, 0.1) is 13.8 Å². The molecule has 0 unspecified atom stereocenters. The molecule has 0 saturated carbocycles. The van der Waals surface area contributed by atoms with Crippen molar-refractivity contribution >= 4 is 11.6 Å². The lowest BCUT2D eigenvalue weighted by Crippen LogP contribution is -2.02. The van der Waals surface area contributed by atoms with Crippen LogP contribution in [0.2, 0.25) is 0 Å². The van der Waals surface area contributed by atoms with Crippen LogP contribution >= 0.6 is 11.6 Å². The topological polar surface area (TPSA) is 38.0 Å². The van der Waals surface area contributed by atoms with Gasteiger partial charge < -0.3 is 5.11 Å². The van der Waals surface area contributed by atoms with Crippen LogP contribution in [0.15, 0.2) is 0 Å². The molecular weight excluding hydrogens is 176 g/mol. The highest BCUT2D eigenvalue weighted by Crippen LogP contribution is 2.21. The van der Waals surface area contributed by atoms with Crippen LogP contribution in [0.1, 0.15) is 23.1 Å². The first kappa shape index (κ1) is 9.55. The van der Waals surface area contributed by atoms with E-state index >= 15 is 0 Å². The third-order valence-corrected chi connectivity index (χ3v) is 2.34. The number of nitrogens with zero attached hydrogens (tertiary/aromatic N) is 2. The maximum atomic E-state index is 9.52. The van der Waals surface area contributed by atoms with Crippen LogP contribution in [0.4, 0.5) is 0 Å². The van der Waals surface area contributed by atoms with Crippen LogP contribution < -0.4 is 0 Å². The molecule has 0 spiro atoms. The van der Waals surface area contributed by atoms with E-state index in [9.17, 15) is 5.11 Å². The maximum Gasteiger partial charge on any atom is 0.0960 e. The molecule has 0 aliphatic heterocycles. The second-order valence-electron chi connectivity index (χ2n) is 2.88. The minimum atomic E-state index is -0.597. The van der Waals surface area contributed by atoms with E-state index in [1.165, 1.54) is 0 Å². The van der Waals surface area contributed by atoms with Crippen molar-refractivity contribution in [2.45, 2.75) is 20.0 Å². The minimum absolute atomic E-state index is 0.216. The number of halogens is 1. The zero-order chi connectivity index (χ0) is 9.30. The molecule has 1 aromatic rings. The Morgan fingerprint density at radius 1 is 1.58 bits per heavy atom. The molecule has 0 aromatic carbocycles. The minimum Gasteiger partial charge on any atom is -0.387 e. The number of aliphatic hydroxyl groups excluding tert-OH is 1. The lowest BCUT2D eigenvalue weighted by Gasteiger charge is -2.06. The summed E-state index contributed by atoms with van der Waals surface area (Å²) in [7, 11) is 1.85. The number of aryl methyl sites for hydroxylation is 2. The number of aromatic nitrogens is 2. The van der Waals surface area contributed by atoms with Gasteiger partial charge in [0.2, 0.25) is 0 Å². The van der Waals surface area contributed by atoms with Crippen molar-refractivity contribution in [3.05, 3.63) is 17.0 Å². The van der Waals surface area contributed by atoms with Crippen molar-refractivity contribution in [2.75, 3.05) is 5.88 Å². The second-order valence-corrected chi connectivity index (χ2v) is 3.19. The van der Waals surface area contributed by atoms with E-state index in [1.807, 2.05) is 20.9 Å². The van der Waals surface area contributed by atoms with Gasteiger partial charge in [-0.05, 0) is 13.8 Å². The fraction of sp³-hybridized carbons (Fsp3) is 0.625. The van der Waals surface area contributed by atoms with Gasteiger partial charge in [-0.1, -0.05) is 0 Å².